The molecule has 2 amide bonds. The molecule has 0 saturated heterocycles. The van der Waals surface area contributed by atoms with Crippen molar-refractivity contribution in [1.82, 2.24) is 20.5 Å². The van der Waals surface area contributed by atoms with Gasteiger partial charge in [0.1, 0.15) is 17.7 Å². The van der Waals surface area contributed by atoms with E-state index >= 15 is 0 Å². The van der Waals surface area contributed by atoms with Crippen molar-refractivity contribution in [2.75, 3.05) is 11.9 Å². The highest BCUT2D eigenvalue weighted by Crippen LogP contribution is 2.27. The van der Waals surface area contributed by atoms with Crippen LogP contribution in [0.3, 0.4) is 0 Å². The van der Waals surface area contributed by atoms with Gasteiger partial charge in [0.2, 0.25) is 11.7 Å². The number of anilines is 1. The molecule has 2 aromatic carbocycles. The lowest BCUT2D eigenvalue weighted by Crippen LogP contribution is -2.47. The van der Waals surface area contributed by atoms with Crippen LogP contribution in [0.25, 0.3) is 0 Å². The van der Waals surface area contributed by atoms with E-state index in [2.05, 4.69) is 20.5 Å². The minimum atomic E-state index is -0.666. The second-order valence-electron chi connectivity index (χ2n) is 7.51. The molecule has 154 valence electrons. The van der Waals surface area contributed by atoms with Gasteiger partial charge in [0, 0.05) is 19.2 Å². The molecular weight excluding hydrogens is 385 g/mol. The number of rotatable bonds is 4. The van der Waals surface area contributed by atoms with Gasteiger partial charge in [-0.1, -0.05) is 24.3 Å². The number of hydrogen-bond acceptors (Lipinski definition) is 4. The number of halogens is 1. The minimum absolute atomic E-state index is 0.0468. The highest BCUT2D eigenvalue weighted by molar-refractivity contribution is 6.02. The fourth-order valence-electron chi connectivity index (χ4n) is 3.65. The third-order valence-corrected chi connectivity index (χ3v) is 5.23. The van der Waals surface area contributed by atoms with E-state index in [0.29, 0.717) is 30.7 Å². The number of nitrogens with zero attached hydrogens (tertiary/aromatic N) is 3. The molecule has 1 aliphatic rings. The van der Waals surface area contributed by atoms with Gasteiger partial charge < -0.3 is 10.2 Å². The first kappa shape index (κ1) is 19.8. The Balaban J connectivity index is 1.45. The van der Waals surface area contributed by atoms with Gasteiger partial charge in [0.05, 0.1) is 0 Å². The smallest absolute Gasteiger partial charge is 0.291 e. The van der Waals surface area contributed by atoms with Crippen LogP contribution in [0.2, 0.25) is 0 Å². The monoisotopic (exact) mass is 407 g/mol. The number of nitrogens with one attached hydrogen (secondary N) is 2. The highest BCUT2D eigenvalue weighted by Gasteiger charge is 2.30. The van der Waals surface area contributed by atoms with E-state index in [1.54, 1.807) is 24.1 Å². The van der Waals surface area contributed by atoms with Crippen LogP contribution in [0.1, 0.15) is 39.6 Å². The second kappa shape index (κ2) is 8.06. The van der Waals surface area contributed by atoms with Crippen molar-refractivity contribution in [3.05, 3.63) is 76.6 Å². The molecule has 1 aliphatic heterocycles. The summed E-state index contributed by atoms with van der Waals surface area (Å²) in [6, 6.07) is 11.5. The SMILES string of the molecule is Cc1ccc2c(c1)N(C)C(=O)[C@H](NC(=O)c1n[nH]c(Cc3cccc(F)c3)n1)CC2. The molecule has 0 unspecified atom stereocenters. The number of H-pyrrole nitrogens is 1. The molecule has 30 heavy (non-hydrogen) atoms. The van der Waals surface area contributed by atoms with Crippen LogP contribution in [0.4, 0.5) is 10.1 Å². The van der Waals surface area contributed by atoms with Crippen molar-refractivity contribution in [2.45, 2.75) is 32.2 Å². The average Bonchev–Trinajstić information content (AvgIpc) is 3.15. The molecule has 1 atom stereocenters. The zero-order valence-electron chi connectivity index (χ0n) is 16.8. The quantitative estimate of drug-likeness (QED) is 0.695. The van der Waals surface area contributed by atoms with Crippen LogP contribution in [0.5, 0.6) is 0 Å². The molecule has 0 saturated carbocycles. The third-order valence-electron chi connectivity index (χ3n) is 5.23. The maximum atomic E-state index is 13.3. The molecule has 8 heteroatoms. The number of aryl methyl sites for hydroxylation is 2. The van der Waals surface area contributed by atoms with Crippen molar-refractivity contribution < 1.29 is 14.0 Å². The Bertz CT molecular complexity index is 1110. The van der Waals surface area contributed by atoms with E-state index in [1.807, 2.05) is 25.1 Å². The molecule has 7 nitrogen and oxygen atoms in total. The van der Waals surface area contributed by atoms with Gasteiger partial charge in [0.25, 0.3) is 5.91 Å². The fourth-order valence-corrected chi connectivity index (χ4v) is 3.65. The maximum absolute atomic E-state index is 13.3. The first-order valence-corrected chi connectivity index (χ1v) is 9.74. The molecule has 4 rings (SSSR count). The maximum Gasteiger partial charge on any atom is 0.291 e. The molecule has 0 radical (unpaired) electrons. The third kappa shape index (κ3) is 4.07. The summed E-state index contributed by atoms with van der Waals surface area (Å²) in [7, 11) is 1.72. The summed E-state index contributed by atoms with van der Waals surface area (Å²) >= 11 is 0. The predicted octanol–water partition coefficient (Wildman–Crippen LogP) is 2.55. The molecule has 0 fully saturated rings. The van der Waals surface area contributed by atoms with E-state index in [1.165, 1.54) is 12.1 Å². The molecule has 0 spiro atoms. The van der Waals surface area contributed by atoms with E-state index in [0.717, 1.165) is 16.8 Å². The van der Waals surface area contributed by atoms with Crippen LogP contribution >= 0.6 is 0 Å². The highest BCUT2D eigenvalue weighted by atomic mass is 19.1. The zero-order valence-corrected chi connectivity index (χ0v) is 16.8. The van der Waals surface area contributed by atoms with Gasteiger partial charge in [-0.2, -0.15) is 0 Å². The summed E-state index contributed by atoms with van der Waals surface area (Å²) in [6.07, 6.45) is 1.48. The number of carbonyl (C=O) groups excluding carboxylic acids is 2. The van der Waals surface area contributed by atoms with Crippen molar-refractivity contribution in [1.29, 1.82) is 0 Å². The number of amides is 2. The first-order valence-electron chi connectivity index (χ1n) is 9.74. The van der Waals surface area contributed by atoms with Crippen molar-refractivity contribution in [3.8, 4) is 0 Å². The lowest BCUT2D eigenvalue weighted by Gasteiger charge is -2.22. The topological polar surface area (TPSA) is 91.0 Å². The molecule has 0 bridgehead atoms. The predicted molar refractivity (Wildman–Crippen MR) is 110 cm³/mol. The number of aromatic nitrogens is 3. The number of fused-ring (bicyclic) bond motifs is 1. The van der Waals surface area contributed by atoms with Crippen molar-refractivity contribution in [2.24, 2.45) is 0 Å². The molecule has 3 aromatic rings. The lowest BCUT2D eigenvalue weighted by molar-refractivity contribution is -0.120. The molecule has 0 aliphatic carbocycles. The average molecular weight is 407 g/mol. The van der Waals surface area contributed by atoms with Crippen LogP contribution in [0, 0.1) is 12.7 Å². The van der Waals surface area contributed by atoms with Gasteiger partial charge in [-0.3, -0.25) is 14.7 Å². The Morgan fingerprint density at radius 2 is 2.13 bits per heavy atom. The minimum Gasteiger partial charge on any atom is -0.337 e. The number of carbonyl (C=O) groups is 2. The zero-order chi connectivity index (χ0) is 21.3. The Labute approximate surface area is 173 Å². The Kier molecular flexibility index (Phi) is 5.31. The van der Waals surface area contributed by atoms with Crippen LogP contribution in [0.15, 0.2) is 42.5 Å². The second-order valence-corrected chi connectivity index (χ2v) is 7.51. The van der Waals surface area contributed by atoms with Crippen molar-refractivity contribution >= 4 is 17.5 Å². The Morgan fingerprint density at radius 1 is 1.30 bits per heavy atom. The number of hydrogen-bond donors (Lipinski definition) is 2. The van der Waals surface area contributed by atoms with Crippen molar-refractivity contribution in [3.63, 3.8) is 0 Å². The largest absolute Gasteiger partial charge is 0.337 e. The molecule has 2 N–H and O–H groups in total. The van der Waals surface area contributed by atoms with Crippen LogP contribution in [-0.2, 0) is 17.6 Å². The van der Waals surface area contributed by atoms with Gasteiger partial charge in [-0.25, -0.2) is 9.37 Å². The van der Waals surface area contributed by atoms with E-state index in [9.17, 15) is 14.0 Å². The van der Waals surface area contributed by atoms with E-state index < -0.39 is 11.9 Å². The Hall–Kier alpha value is -3.55. The number of aromatic amines is 1. The standard InChI is InChI=1S/C22H22FN5O2/c1-13-6-7-15-8-9-17(22(30)28(2)18(15)10-13)24-21(29)20-25-19(26-27-20)12-14-4-3-5-16(23)11-14/h3-7,10-11,17H,8-9,12H2,1-2H3,(H,24,29)(H,25,26,27)/t17-/m1/s1. The van der Waals surface area contributed by atoms with Gasteiger partial charge in [0.15, 0.2) is 0 Å². The lowest BCUT2D eigenvalue weighted by atomic mass is 10.0. The van der Waals surface area contributed by atoms with Crippen LogP contribution in [-0.4, -0.2) is 40.1 Å². The number of benzene rings is 2. The first-order chi connectivity index (χ1) is 14.4. The summed E-state index contributed by atoms with van der Waals surface area (Å²) in [4.78, 5) is 31.3. The molecular formula is C22H22FN5O2. The molecule has 1 aromatic heterocycles. The summed E-state index contributed by atoms with van der Waals surface area (Å²) in [5.74, 6) is -0.640. The van der Waals surface area contributed by atoms with Gasteiger partial charge in [-0.05, 0) is 54.7 Å². The summed E-state index contributed by atoms with van der Waals surface area (Å²) in [5.41, 5.74) is 3.73. The fraction of sp³-hybridized carbons (Fsp3) is 0.273. The summed E-state index contributed by atoms with van der Waals surface area (Å²) in [6.45, 7) is 1.98. The van der Waals surface area contributed by atoms with E-state index in [-0.39, 0.29) is 17.5 Å². The summed E-state index contributed by atoms with van der Waals surface area (Å²) < 4.78 is 13.3. The number of likely N-dealkylation sites (N-methyl/N-ethyl adjacent to an activating group) is 1. The molecule has 2 heterocycles. The van der Waals surface area contributed by atoms with E-state index in [4.69, 9.17) is 0 Å². The summed E-state index contributed by atoms with van der Waals surface area (Å²) in [5, 5.41) is 9.41. The Morgan fingerprint density at radius 3 is 2.93 bits per heavy atom. The van der Waals surface area contributed by atoms with Crippen LogP contribution < -0.4 is 10.2 Å². The normalized spacial score (nSPS) is 16.2. The van der Waals surface area contributed by atoms with Gasteiger partial charge in [-0.15, -0.1) is 5.10 Å². The van der Waals surface area contributed by atoms with Gasteiger partial charge >= 0.3 is 0 Å².